The molecule has 1 aliphatic rings. The monoisotopic (exact) mass is 354 g/mol. The third kappa shape index (κ3) is 4.51. The van der Waals surface area contributed by atoms with Crippen LogP contribution in [0, 0.1) is 5.92 Å². The number of hydrogen-bond donors (Lipinski definition) is 0. The fraction of sp³-hybridized carbons (Fsp3) is 0.409. The summed E-state index contributed by atoms with van der Waals surface area (Å²) in [4.78, 5) is 12.4. The van der Waals surface area contributed by atoms with Gasteiger partial charge in [-0.1, -0.05) is 74.5 Å². The molecule has 4 atom stereocenters. The molecule has 4 nitrogen and oxygen atoms in total. The number of cyclic esters (lactones) is 1. The summed E-state index contributed by atoms with van der Waals surface area (Å²) in [5.74, 6) is -0.367. The van der Waals surface area contributed by atoms with Crippen molar-refractivity contribution in [3.8, 4) is 0 Å². The van der Waals surface area contributed by atoms with E-state index in [2.05, 4.69) is 0 Å². The van der Waals surface area contributed by atoms with E-state index in [1.165, 1.54) is 0 Å². The molecule has 1 aliphatic heterocycles. The van der Waals surface area contributed by atoms with Gasteiger partial charge in [-0.25, -0.2) is 4.79 Å². The Labute approximate surface area is 155 Å². The van der Waals surface area contributed by atoms with Gasteiger partial charge >= 0.3 is 5.97 Å². The highest BCUT2D eigenvalue weighted by atomic mass is 16.6. The Morgan fingerprint density at radius 1 is 0.885 bits per heavy atom. The predicted molar refractivity (Wildman–Crippen MR) is 99.4 cm³/mol. The number of benzene rings is 2. The number of esters is 1. The molecule has 0 bridgehead atoms. The van der Waals surface area contributed by atoms with Crippen LogP contribution in [0.1, 0.15) is 31.4 Å². The van der Waals surface area contributed by atoms with Gasteiger partial charge in [0, 0.05) is 5.92 Å². The molecule has 0 spiro atoms. The minimum atomic E-state index is -0.612. The van der Waals surface area contributed by atoms with Crippen LogP contribution in [-0.2, 0) is 32.2 Å². The summed E-state index contributed by atoms with van der Waals surface area (Å²) in [6.07, 6.45) is -0.309. The van der Waals surface area contributed by atoms with Crippen molar-refractivity contribution < 1.29 is 19.0 Å². The second-order valence-corrected chi connectivity index (χ2v) is 6.72. The van der Waals surface area contributed by atoms with Crippen molar-refractivity contribution >= 4 is 5.97 Å². The summed E-state index contributed by atoms with van der Waals surface area (Å²) in [7, 11) is 0. The summed E-state index contributed by atoms with van der Waals surface area (Å²) in [6.45, 7) is 4.89. The van der Waals surface area contributed by atoms with Gasteiger partial charge in [0.2, 0.25) is 0 Å². The van der Waals surface area contributed by atoms with Crippen LogP contribution < -0.4 is 0 Å². The molecule has 0 saturated carbocycles. The van der Waals surface area contributed by atoms with Crippen LogP contribution in [0.25, 0.3) is 0 Å². The molecule has 0 radical (unpaired) electrons. The second-order valence-electron chi connectivity index (χ2n) is 6.72. The molecule has 0 aromatic heterocycles. The summed E-state index contributed by atoms with van der Waals surface area (Å²) < 4.78 is 17.7. The molecule has 1 saturated heterocycles. The van der Waals surface area contributed by atoms with Gasteiger partial charge in [0.1, 0.15) is 12.2 Å². The Hall–Kier alpha value is -2.17. The molecular formula is C22H26O4. The lowest BCUT2D eigenvalue weighted by molar-refractivity contribution is -0.206. The molecule has 2 unspecified atom stereocenters. The van der Waals surface area contributed by atoms with E-state index in [1.54, 1.807) is 0 Å². The van der Waals surface area contributed by atoms with E-state index in [-0.39, 0.29) is 24.1 Å². The van der Waals surface area contributed by atoms with Gasteiger partial charge in [-0.3, -0.25) is 0 Å². The molecule has 26 heavy (non-hydrogen) atoms. The summed E-state index contributed by atoms with van der Waals surface area (Å²) >= 11 is 0. The first kappa shape index (κ1) is 18.6. The van der Waals surface area contributed by atoms with Crippen molar-refractivity contribution in [2.45, 2.75) is 51.8 Å². The fourth-order valence-corrected chi connectivity index (χ4v) is 3.33. The first-order valence-corrected chi connectivity index (χ1v) is 9.20. The Balaban J connectivity index is 1.65. The minimum Gasteiger partial charge on any atom is -0.458 e. The highest BCUT2D eigenvalue weighted by Gasteiger charge is 2.44. The molecule has 0 aliphatic carbocycles. The lowest BCUT2D eigenvalue weighted by Crippen LogP contribution is -2.52. The molecule has 0 amide bonds. The van der Waals surface area contributed by atoms with Crippen LogP contribution in [-0.4, -0.2) is 24.3 Å². The molecule has 138 valence electrons. The van der Waals surface area contributed by atoms with Gasteiger partial charge in [0.05, 0.1) is 13.2 Å². The van der Waals surface area contributed by atoms with Gasteiger partial charge in [-0.2, -0.15) is 0 Å². The van der Waals surface area contributed by atoms with E-state index >= 15 is 0 Å². The van der Waals surface area contributed by atoms with Crippen molar-refractivity contribution in [2.75, 3.05) is 0 Å². The molecule has 4 heteroatoms. The first-order chi connectivity index (χ1) is 12.7. The van der Waals surface area contributed by atoms with Gasteiger partial charge in [-0.05, 0) is 17.5 Å². The number of hydrogen-bond acceptors (Lipinski definition) is 4. The van der Waals surface area contributed by atoms with Crippen molar-refractivity contribution in [1.29, 1.82) is 0 Å². The number of carbonyl (C=O) groups is 1. The topological polar surface area (TPSA) is 44.8 Å². The van der Waals surface area contributed by atoms with Crippen molar-refractivity contribution in [3.63, 3.8) is 0 Å². The zero-order chi connectivity index (χ0) is 18.4. The van der Waals surface area contributed by atoms with Gasteiger partial charge < -0.3 is 14.2 Å². The maximum absolute atomic E-state index is 12.4. The van der Waals surface area contributed by atoms with Crippen LogP contribution in [0.15, 0.2) is 60.7 Å². The summed E-state index contributed by atoms with van der Waals surface area (Å²) in [6, 6.07) is 19.9. The number of carbonyl (C=O) groups excluding carboxylic acids is 1. The maximum atomic E-state index is 12.4. The van der Waals surface area contributed by atoms with Gasteiger partial charge in [-0.15, -0.1) is 0 Å². The van der Waals surface area contributed by atoms with Crippen molar-refractivity contribution in [2.24, 2.45) is 5.92 Å². The van der Waals surface area contributed by atoms with Gasteiger partial charge in [0.15, 0.2) is 6.10 Å². The number of ether oxygens (including phenoxy) is 3. The zero-order valence-electron chi connectivity index (χ0n) is 15.3. The normalized spacial score (nSPS) is 25.7. The standard InChI is InChI=1S/C22H26O4/c1-3-19-20(24-14-17-10-6-4-7-11-17)16(2)21(22(23)26-19)25-15-18-12-8-5-9-13-18/h4-13,16,19-21H,3,14-15H2,1-2H3/t16-,19+,20?,21?/m0/s1. The quantitative estimate of drug-likeness (QED) is 0.702. The largest absolute Gasteiger partial charge is 0.458 e. The zero-order valence-corrected chi connectivity index (χ0v) is 15.3. The van der Waals surface area contributed by atoms with E-state index in [0.29, 0.717) is 13.2 Å². The van der Waals surface area contributed by atoms with Crippen LogP contribution in [0.2, 0.25) is 0 Å². The van der Waals surface area contributed by atoms with Crippen LogP contribution in [0.4, 0.5) is 0 Å². The minimum absolute atomic E-state index is 0.0753. The number of rotatable bonds is 7. The molecule has 2 aromatic carbocycles. The first-order valence-electron chi connectivity index (χ1n) is 9.20. The molecule has 1 fully saturated rings. The summed E-state index contributed by atoms with van der Waals surface area (Å²) in [5, 5.41) is 0. The van der Waals surface area contributed by atoms with E-state index in [0.717, 1.165) is 17.5 Å². The smallest absolute Gasteiger partial charge is 0.336 e. The second kappa shape index (κ2) is 8.97. The molecule has 1 heterocycles. The van der Waals surface area contributed by atoms with E-state index < -0.39 is 6.10 Å². The Morgan fingerprint density at radius 2 is 1.42 bits per heavy atom. The van der Waals surface area contributed by atoms with Crippen LogP contribution in [0.5, 0.6) is 0 Å². The maximum Gasteiger partial charge on any atom is 0.336 e. The third-order valence-corrected chi connectivity index (χ3v) is 4.82. The molecular weight excluding hydrogens is 328 g/mol. The third-order valence-electron chi connectivity index (χ3n) is 4.82. The van der Waals surface area contributed by atoms with E-state index in [4.69, 9.17) is 14.2 Å². The lowest BCUT2D eigenvalue weighted by atomic mass is 9.89. The Kier molecular flexibility index (Phi) is 6.42. The SMILES string of the molecule is CC[C@H]1OC(=O)C(OCc2ccccc2)[C@@H](C)C1OCc1ccccc1. The van der Waals surface area contributed by atoms with E-state index in [1.807, 2.05) is 74.5 Å². The van der Waals surface area contributed by atoms with Crippen LogP contribution >= 0.6 is 0 Å². The van der Waals surface area contributed by atoms with Gasteiger partial charge in [0.25, 0.3) is 0 Å². The molecule has 3 rings (SSSR count). The molecule has 2 aromatic rings. The fourth-order valence-electron chi connectivity index (χ4n) is 3.33. The van der Waals surface area contributed by atoms with Crippen molar-refractivity contribution in [1.82, 2.24) is 0 Å². The predicted octanol–water partition coefficient (Wildman–Crippen LogP) is 4.13. The average molecular weight is 354 g/mol. The van der Waals surface area contributed by atoms with E-state index in [9.17, 15) is 4.79 Å². The Bertz CT molecular complexity index is 686. The molecule has 0 N–H and O–H groups in total. The highest BCUT2D eigenvalue weighted by molar-refractivity contribution is 5.76. The summed E-state index contributed by atoms with van der Waals surface area (Å²) in [5.41, 5.74) is 2.14. The lowest BCUT2D eigenvalue weighted by Gasteiger charge is -2.39. The average Bonchev–Trinajstić information content (AvgIpc) is 2.68. The highest BCUT2D eigenvalue weighted by Crippen LogP contribution is 2.30. The van der Waals surface area contributed by atoms with Crippen LogP contribution in [0.3, 0.4) is 0 Å². The Morgan fingerprint density at radius 3 is 1.96 bits per heavy atom. The van der Waals surface area contributed by atoms with Crippen molar-refractivity contribution in [3.05, 3.63) is 71.8 Å².